The van der Waals surface area contributed by atoms with Crippen LogP contribution in [0.4, 0.5) is 0 Å². The lowest BCUT2D eigenvalue weighted by atomic mass is 10.1. The molecule has 32 heavy (non-hydrogen) atoms. The van der Waals surface area contributed by atoms with Gasteiger partial charge in [0.25, 0.3) is 5.91 Å². The SMILES string of the molecule is CC(=O)CCc1ccc(OCC(=O)N2CCN(S(=O)(=O)c3ccc(C)c(C)c3)CC2)cc1. The van der Waals surface area contributed by atoms with E-state index in [4.69, 9.17) is 4.74 Å². The second-order valence-electron chi connectivity index (χ2n) is 8.17. The summed E-state index contributed by atoms with van der Waals surface area (Å²) in [5.41, 5.74) is 3.02. The number of benzene rings is 2. The molecule has 0 atom stereocenters. The number of amides is 1. The van der Waals surface area contributed by atoms with E-state index in [-0.39, 0.29) is 36.3 Å². The van der Waals surface area contributed by atoms with E-state index in [0.717, 1.165) is 16.7 Å². The van der Waals surface area contributed by atoms with E-state index in [1.165, 1.54) is 4.31 Å². The summed E-state index contributed by atoms with van der Waals surface area (Å²) in [5, 5.41) is 0. The van der Waals surface area contributed by atoms with Crippen molar-refractivity contribution in [3.05, 3.63) is 59.2 Å². The van der Waals surface area contributed by atoms with Crippen molar-refractivity contribution < 1.29 is 22.7 Å². The molecule has 2 aromatic carbocycles. The molecule has 1 amide bonds. The number of ether oxygens (including phenoxy) is 1. The van der Waals surface area contributed by atoms with Crippen molar-refractivity contribution in [1.82, 2.24) is 9.21 Å². The highest BCUT2D eigenvalue weighted by molar-refractivity contribution is 7.89. The zero-order valence-electron chi connectivity index (χ0n) is 18.8. The molecule has 0 radical (unpaired) electrons. The van der Waals surface area contributed by atoms with E-state index < -0.39 is 10.0 Å². The molecule has 1 saturated heterocycles. The summed E-state index contributed by atoms with van der Waals surface area (Å²) in [6, 6.07) is 12.5. The minimum absolute atomic E-state index is 0.100. The monoisotopic (exact) mass is 458 g/mol. The third-order valence-corrected chi connectivity index (χ3v) is 7.65. The Morgan fingerprint density at radius 2 is 1.59 bits per heavy atom. The topological polar surface area (TPSA) is 84.0 Å². The predicted molar refractivity (Wildman–Crippen MR) is 122 cm³/mol. The van der Waals surface area contributed by atoms with Gasteiger partial charge in [-0.25, -0.2) is 8.42 Å². The Morgan fingerprint density at radius 3 is 2.19 bits per heavy atom. The molecule has 2 aromatic rings. The Hall–Kier alpha value is -2.71. The van der Waals surface area contributed by atoms with Gasteiger partial charge in [0.15, 0.2) is 6.61 Å². The van der Waals surface area contributed by atoms with Crippen LogP contribution < -0.4 is 4.74 Å². The number of nitrogens with zero attached hydrogens (tertiary/aromatic N) is 2. The summed E-state index contributed by atoms with van der Waals surface area (Å²) in [6.07, 6.45) is 1.19. The first kappa shape index (κ1) is 23.9. The summed E-state index contributed by atoms with van der Waals surface area (Å²) >= 11 is 0. The van der Waals surface area contributed by atoms with Gasteiger partial charge in [0.05, 0.1) is 4.90 Å². The number of hydrogen-bond acceptors (Lipinski definition) is 5. The van der Waals surface area contributed by atoms with Crippen LogP contribution in [0.1, 0.15) is 30.0 Å². The summed E-state index contributed by atoms with van der Waals surface area (Å²) in [6.45, 7) is 6.48. The molecule has 7 nitrogen and oxygen atoms in total. The molecule has 1 fully saturated rings. The predicted octanol–water partition coefficient (Wildman–Crippen LogP) is 2.74. The maximum absolute atomic E-state index is 12.9. The van der Waals surface area contributed by atoms with Crippen molar-refractivity contribution in [2.45, 2.75) is 38.5 Å². The minimum atomic E-state index is -3.58. The Balaban J connectivity index is 1.50. The highest BCUT2D eigenvalue weighted by Gasteiger charge is 2.30. The molecular weight excluding hydrogens is 428 g/mol. The molecule has 0 N–H and O–H groups in total. The van der Waals surface area contributed by atoms with Gasteiger partial charge in [-0.1, -0.05) is 18.2 Å². The van der Waals surface area contributed by atoms with E-state index in [9.17, 15) is 18.0 Å². The Kier molecular flexibility index (Phi) is 7.69. The fraction of sp³-hybridized carbons (Fsp3) is 0.417. The van der Waals surface area contributed by atoms with Gasteiger partial charge in [0.2, 0.25) is 10.0 Å². The molecule has 0 saturated carbocycles. The zero-order valence-corrected chi connectivity index (χ0v) is 19.7. The molecule has 0 bridgehead atoms. The average molecular weight is 459 g/mol. The van der Waals surface area contributed by atoms with Gasteiger partial charge >= 0.3 is 0 Å². The molecule has 0 aliphatic carbocycles. The maximum atomic E-state index is 12.9. The minimum Gasteiger partial charge on any atom is -0.484 e. The lowest BCUT2D eigenvalue weighted by Crippen LogP contribution is -2.51. The number of carbonyl (C=O) groups is 2. The second kappa shape index (κ2) is 10.3. The van der Waals surface area contributed by atoms with Gasteiger partial charge in [-0.05, 0) is 68.1 Å². The zero-order chi connectivity index (χ0) is 23.3. The van der Waals surface area contributed by atoms with Crippen molar-refractivity contribution in [2.24, 2.45) is 0 Å². The van der Waals surface area contributed by atoms with Gasteiger partial charge in [-0.15, -0.1) is 0 Å². The third kappa shape index (κ3) is 5.95. The molecular formula is C24H30N2O5S. The smallest absolute Gasteiger partial charge is 0.260 e. The van der Waals surface area contributed by atoms with Crippen LogP contribution in [0.2, 0.25) is 0 Å². The molecule has 8 heteroatoms. The van der Waals surface area contributed by atoms with Crippen molar-refractivity contribution in [3.63, 3.8) is 0 Å². The molecule has 0 unspecified atom stereocenters. The number of piperazine rings is 1. The number of aryl methyl sites for hydroxylation is 3. The number of sulfonamides is 1. The van der Waals surface area contributed by atoms with Crippen LogP contribution in [0.25, 0.3) is 0 Å². The lowest BCUT2D eigenvalue weighted by Gasteiger charge is -2.34. The van der Waals surface area contributed by atoms with Crippen molar-refractivity contribution in [1.29, 1.82) is 0 Å². The van der Waals surface area contributed by atoms with E-state index in [0.29, 0.717) is 31.7 Å². The van der Waals surface area contributed by atoms with E-state index in [2.05, 4.69) is 0 Å². The van der Waals surface area contributed by atoms with E-state index in [1.807, 2.05) is 32.0 Å². The molecule has 1 aliphatic rings. The van der Waals surface area contributed by atoms with Crippen LogP contribution in [0.5, 0.6) is 5.75 Å². The van der Waals surface area contributed by atoms with Crippen molar-refractivity contribution in [2.75, 3.05) is 32.8 Å². The Bertz CT molecular complexity index is 1070. The average Bonchev–Trinajstić information content (AvgIpc) is 2.78. The number of Topliss-reactive ketones (excluding diaryl/α,β-unsaturated/α-hetero) is 1. The lowest BCUT2D eigenvalue weighted by molar-refractivity contribution is -0.134. The van der Waals surface area contributed by atoms with Crippen LogP contribution in [0, 0.1) is 13.8 Å². The van der Waals surface area contributed by atoms with Crippen LogP contribution in [0.15, 0.2) is 47.4 Å². The molecule has 1 aliphatic heterocycles. The number of hydrogen-bond donors (Lipinski definition) is 0. The fourth-order valence-electron chi connectivity index (χ4n) is 3.51. The first-order valence-corrected chi connectivity index (χ1v) is 12.2. The van der Waals surface area contributed by atoms with Crippen LogP contribution in [-0.2, 0) is 26.0 Å². The van der Waals surface area contributed by atoms with Crippen LogP contribution in [0.3, 0.4) is 0 Å². The highest BCUT2D eigenvalue weighted by atomic mass is 32.2. The Morgan fingerprint density at radius 1 is 0.938 bits per heavy atom. The van der Waals surface area contributed by atoms with Crippen molar-refractivity contribution >= 4 is 21.7 Å². The van der Waals surface area contributed by atoms with Crippen molar-refractivity contribution in [3.8, 4) is 5.75 Å². The first-order chi connectivity index (χ1) is 15.2. The quantitative estimate of drug-likeness (QED) is 0.607. The summed E-state index contributed by atoms with van der Waals surface area (Å²) in [7, 11) is -3.58. The first-order valence-electron chi connectivity index (χ1n) is 10.7. The molecule has 0 aromatic heterocycles. The number of ketones is 1. The number of carbonyl (C=O) groups excluding carboxylic acids is 2. The van der Waals surface area contributed by atoms with Crippen LogP contribution in [-0.4, -0.2) is 62.1 Å². The van der Waals surface area contributed by atoms with Gasteiger partial charge in [0.1, 0.15) is 11.5 Å². The largest absolute Gasteiger partial charge is 0.484 e. The van der Waals surface area contributed by atoms with Gasteiger partial charge in [0, 0.05) is 32.6 Å². The standard InChI is InChI=1S/C24H30N2O5S/c1-18-4-11-23(16-19(18)2)32(29,30)26-14-12-25(13-15-26)24(28)17-31-22-9-7-21(8-10-22)6-5-20(3)27/h4,7-11,16H,5-6,12-15,17H2,1-3H3. The molecule has 172 valence electrons. The van der Waals surface area contributed by atoms with Crippen LogP contribution >= 0.6 is 0 Å². The van der Waals surface area contributed by atoms with Gasteiger partial charge in [-0.2, -0.15) is 4.31 Å². The molecule has 3 rings (SSSR count). The highest BCUT2D eigenvalue weighted by Crippen LogP contribution is 2.21. The summed E-state index contributed by atoms with van der Waals surface area (Å²) in [5.74, 6) is 0.563. The van der Waals surface area contributed by atoms with E-state index >= 15 is 0 Å². The summed E-state index contributed by atoms with van der Waals surface area (Å²) in [4.78, 5) is 25.5. The van der Waals surface area contributed by atoms with E-state index in [1.54, 1.807) is 36.1 Å². The summed E-state index contributed by atoms with van der Waals surface area (Å²) < 4.78 is 32.9. The number of rotatable bonds is 8. The fourth-order valence-corrected chi connectivity index (χ4v) is 5.02. The maximum Gasteiger partial charge on any atom is 0.260 e. The normalized spacial score (nSPS) is 14.9. The van der Waals surface area contributed by atoms with Gasteiger partial charge in [-0.3, -0.25) is 4.79 Å². The molecule has 1 heterocycles. The Labute approximate surface area is 190 Å². The molecule has 0 spiro atoms. The second-order valence-corrected chi connectivity index (χ2v) is 10.1. The third-order valence-electron chi connectivity index (χ3n) is 5.76. The van der Waals surface area contributed by atoms with Gasteiger partial charge < -0.3 is 14.4 Å².